The largest absolute Gasteiger partial charge is 0.317 e. The molecule has 0 spiro atoms. The van der Waals surface area contributed by atoms with Crippen LogP contribution in [0.4, 0.5) is 0 Å². The molecule has 0 amide bonds. The van der Waals surface area contributed by atoms with E-state index in [0.29, 0.717) is 13.0 Å². The molecule has 78 valence electrons. The molecule has 2 nitrogen and oxygen atoms in total. The van der Waals surface area contributed by atoms with Crippen molar-refractivity contribution >= 4 is 11.3 Å². The topological polar surface area (TPSA) is 28.1 Å². The standard InChI is InChI=1S/C12H14N2S/c1-3-5-12(10-13,6-7-14-2)11-4-8-15-9-11/h4,8-9H,3,5-7H2,1H3. The predicted octanol–water partition coefficient (Wildman–Crippen LogP) is 3.62. The van der Waals surface area contributed by atoms with Crippen LogP contribution in [-0.2, 0) is 5.41 Å². The molecule has 0 fully saturated rings. The lowest BCUT2D eigenvalue weighted by Gasteiger charge is -2.23. The molecule has 0 aliphatic rings. The molecule has 0 saturated carbocycles. The molecule has 0 saturated heterocycles. The summed E-state index contributed by atoms with van der Waals surface area (Å²) in [6.45, 7) is 9.35. The van der Waals surface area contributed by atoms with Gasteiger partial charge in [0.1, 0.15) is 0 Å². The van der Waals surface area contributed by atoms with E-state index < -0.39 is 5.41 Å². The Bertz CT molecular complexity index is 369. The molecule has 1 rings (SSSR count). The quantitative estimate of drug-likeness (QED) is 0.694. The first kappa shape index (κ1) is 11.8. The van der Waals surface area contributed by atoms with Gasteiger partial charge in [0.05, 0.1) is 11.5 Å². The second kappa shape index (κ2) is 5.53. The SMILES string of the molecule is [C-]#[N+]CCC(C#N)(CCC)c1ccsc1. The Morgan fingerprint density at radius 2 is 2.40 bits per heavy atom. The molecule has 1 aromatic heterocycles. The number of rotatable bonds is 5. The molecule has 0 radical (unpaired) electrons. The third kappa shape index (κ3) is 2.58. The molecule has 1 unspecified atom stereocenters. The summed E-state index contributed by atoms with van der Waals surface area (Å²) >= 11 is 1.61. The van der Waals surface area contributed by atoms with E-state index in [2.05, 4.69) is 17.8 Å². The van der Waals surface area contributed by atoms with Crippen LogP contribution in [0.1, 0.15) is 31.7 Å². The zero-order valence-corrected chi connectivity index (χ0v) is 9.68. The van der Waals surface area contributed by atoms with Crippen molar-refractivity contribution in [2.24, 2.45) is 0 Å². The maximum atomic E-state index is 9.36. The normalized spacial score (nSPS) is 13.8. The minimum atomic E-state index is -0.431. The van der Waals surface area contributed by atoms with Gasteiger partial charge in [-0.2, -0.15) is 16.6 Å². The minimum Gasteiger partial charge on any atom is -0.317 e. The summed E-state index contributed by atoms with van der Waals surface area (Å²) in [6, 6.07) is 4.42. The van der Waals surface area contributed by atoms with Crippen molar-refractivity contribution in [3.05, 3.63) is 33.8 Å². The number of nitrogens with zero attached hydrogens (tertiary/aromatic N) is 2. The first-order chi connectivity index (χ1) is 7.29. The number of hydrogen-bond donors (Lipinski definition) is 0. The molecule has 0 aliphatic heterocycles. The fraction of sp³-hybridized carbons (Fsp3) is 0.500. The van der Waals surface area contributed by atoms with E-state index in [-0.39, 0.29) is 0 Å². The molecular weight excluding hydrogens is 204 g/mol. The van der Waals surface area contributed by atoms with Gasteiger partial charge >= 0.3 is 0 Å². The van der Waals surface area contributed by atoms with Gasteiger partial charge in [-0.05, 0) is 28.8 Å². The average molecular weight is 218 g/mol. The van der Waals surface area contributed by atoms with E-state index in [1.54, 1.807) is 11.3 Å². The lowest BCUT2D eigenvalue weighted by Crippen LogP contribution is -2.24. The average Bonchev–Trinajstić information content (AvgIpc) is 2.78. The van der Waals surface area contributed by atoms with Crippen molar-refractivity contribution in [1.82, 2.24) is 0 Å². The van der Waals surface area contributed by atoms with Crippen molar-refractivity contribution in [1.29, 1.82) is 5.26 Å². The Hall–Kier alpha value is -1.32. The van der Waals surface area contributed by atoms with Crippen LogP contribution in [0.15, 0.2) is 16.8 Å². The first-order valence-electron chi connectivity index (χ1n) is 5.06. The van der Waals surface area contributed by atoms with Gasteiger partial charge in [0.25, 0.3) is 0 Å². The molecule has 15 heavy (non-hydrogen) atoms. The smallest absolute Gasteiger partial charge is 0.216 e. The molecule has 3 heteroatoms. The zero-order valence-electron chi connectivity index (χ0n) is 8.86. The van der Waals surface area contributed by atoms with Crippen LogP contribution >= 0.6 is 11.3 Å². The van der Waals surface area contributed by atoms with E-state index in [1.165, 1.54) is 0 Å². The maximum Gasteiger partial charge on any atom is 0.216 e. The molecule has 0 bridgehead atoms. The predicted molar refractivity (Wildman–Crippen MR) is 62.6 cm³/mol. The number of thiophene rings is 1. The fourth-order valence-electron chi connectivity index (χ4n) is 1.80. The highest BCUT2D eigenvalue weighted by molar-refractivity contribution is 7.08. The summed E-state index contributed by atoms with van der Waals surface area (Å²) in [5.74, 6) is 0. The molecule has 0 aliphatic carbocycles. The van der Waals surface area contributed by atoms with Crippen molar-refractivity contribution < 1.29 is 0 Å². The number of nitriles is 1. The van der Waals surface area contributed by atoms with Gasteiger partial charge in [-0.15, -0.1) is 0 Å². The Balaban J connectivity index is 2.95. The molecule has 1 aromatic rings. The number of hydrogen-bond acceptors (Lipinski definition) is 2. The van der Waals surface area contributed by atoms with Crippen LogP contribution < -0.4 is 0 Å². The Labute approximate surface area is 95.0 Å². The summed E-state index contributed by atoms with van der Waals surface area (Å²) < 4.78 is 0. The second-order valence-electron chi connectivity index (χ2n) is 3.59. The van der Waals surface area contributed by atoms with E-state index in [1.807, 2.05) is 16.8 Å². The van der Waals surface area contributed by atoms with Gasteiger partial charge in [-0.25, -0.2) is 6.57 Å². The van der Waals surface area contributed by atoms with Gasteiger partial charge in [0, 0.05) is 6.42 Å². The summed E-state index contributed by atoms with van der Waals surface area (Å²) in [5.41, 5.74) is 0.653. The Morgan fingerprint density at radius 3 is 2.87 bits per heavy atom. The molecule has 1 atom stereocenters. The third-order valence-electron chi connectivity index (χ3n) is 2.61. The summed E-state index contributed by atoms with van der Waals surface area (Å²) in [6.07, 6.45) is 2.47. The summed E-state index contributed by atoms with van der Waals surface area (Å²) in [4.78, 5) is 3.36. The lowest BCUT2D eigenvalue weighted by atomic mass is 9.77. The Kier molecular flexibility index (Phi) is 4.34. The van der Waals surface area contributed by atoms with Gasteiger partial charge < -0.3 is 4.85 Å². The van der Waals surface area contributed by atoms with Crippen molar-refractivity contribution in [2.75, 3.05) is 6.54 Å². The van der Waals surface area contributed by atoms with E-state index >= 15 is 0 Å². The van der Waals surface area contributed by atoms with Gasteiger partial charge in [0.2, 0.25) is 6.54 Å². The van der Waals surface area contributed by atoms with Crippen LogP contribution in [0.2, 0.25) is 0 Å². The van der Waals surface area contributed by atoms with Crippen molar-refractivity contribution in [2.45, 2.75) is 31.6 Å². The molecule has 0 N–H and O–H groups in total. The van der Waals surface area contributed by atoms with Crippen LogP contribution in [0.3, 0.4) is 0 Å². The second-order valence-corrected chi connectivity index (χ2v) is 4.37. The summed E-state index contributed by atoms with van der Waals surface area (Å²) in [7, 11) is 0. The van der Waals surface area contributed by atoms with Gasteiger partial charge in [-0.3, -0.25) is 0 Å². The maximum absolute atomic E-state index is 9.36. The van der Waals surface area contributed by atoms with Crippen LogP contribution in [-0.4, -0.2) is 6.54 Å². The summed E-state index contributed by atoms with van der Waals surface area (Å²) in [5, 5.41) is 13.4. The van der Waals surface area contributed by atoms with E-state index in [4.69, 9.17) is 6.57 Å². The van der Waals surface area contributed by atoms with E-state index in [9.17, 15) is 5.26 Å². The van der Waals surface area contributed by atoms with Gasteiger partial charge in [0.15, 0.2) is 0 Å². The van der Waals surface area contributed by atoms with Crippen LogP contribution in [0.25, 0.3) is 4.85 Å². The monoisotopic (exact) mass is 218 g/mol. The highest BCUT2D eigenvalue weighted by atomic mass is 32.1. The third-order valence-corrected chi connectivity index (χ3v) is 3.30. The molecule has 0 aromatic carbocycles. The van der Waals surface area contributed by atoms with E-state index in [0.717, 1.165) is 18.4 Å². The van der Waals surface area contributed by atoms with Crippen molar-refractivity contribution in [3.8, 4) is 6.07 Å². The van der Waals surface area contributed by atoms with Crippen LogP contribution in [0.5, 0.6) is 0 Å². The lowest BCUT2D eigenvalue weighted by molar-refractivity contribution is 0.476. The fourth-order valence-corrected chi connectivity index (χ4v) is 2.55. The first-order valence-corrected chi connectivity index (χ1v) is 6.00. The zero-order chi connectivity index (χ0) is 11.1. The highest BCUT2D eigenvalue weighted by Gasteiger charge is 2.32. The van der Waals surface area contributed by atoms with Crippen molar-refractivity contribution in [3.63, 3.8) is 0 Å². The minimum absolute atomic E-state index is 0.431. The van der Waals surface area contributed by atoms with Gasteiger partial charge in [-0.1, -0.05) is 13.3 Å². The molecular formula is C12H14N2S. The highest BCUT2D eigenvalue weighted by Crippen LogP contribution is 2.33. The Morgan fingerprint density at radius 1 is 1.60 bits per heavy atom. The van der Waals surface area contributed by atoms with Crippen LogP contribution in [0, 0.1) is 17.9 Å². The molecule has 1 heterocycles.